The molecule has 0 bridgehead atoms. The van der Waals surface area contributed by atoms with E-state index >= 15 is 0 Å². The van der Waals surface area contributed by atoms with Crippen molar-refractivity contribution in [2.75, 3.05) is 66.1 Å². The van der Waals surface area contributed by atoms with Crippen LogP contribution >= 0.6 is 0 Å². The Morgan fingerprint density at radius 1 is 1.03 bits per heavy atom. The van der Waals surface area contributed by atoms with Gasteiger partial charge < -0.3 is 29.1 Å². The molecular formula is C29H39N3O5. The van der Waals surface area contributed by atoms with Crippen molar-refractivity contribution in [1.29, 1.82) is 0 Å². The van der Waals surface area contributed by atoms with Crippen LogP contribution in [0, 0.1) is 0 Å². The van der Waals surface area contributed by atoms with Gasteiger partial charge in [0.05, 0.1) is 24.8 Å². The van der Waals surface area contributed by atoms with Crippen molar-refractivity contribution in [2.24, 2.45) is 0 Å². The molecular weight excluding hydrogens is 470 g/mol. The maximum atomic E-state index is 13.3. The molecule has 8 heteroatoms. The van der Waals surface area contributed by atoms with Gasteiger partial charge in [0.25, 0.3) is 5.91 Å². The Hall–Kier alpha value is -2.65. The van der Waals surface area contributed by atoms with Gasteiger partial charge in [-0.2, -0.15) is 0 Å². The minimum Gasteiger partial charge on any atom is -0.491 e. The Balaban J connectivity index is 1.14. The van der Waals surface area contributed by atoms with Gasteiger partial charge in [0, 0.05) is 59.0 Å². The maximum Gasteiger partial charge on any atom is 0.257 e. The largest absolute Gasteiger partial charge is 0.491 e. The zero-order valence-electron chi connectivity index (χ0n) is 21.8. The summed E-state index contributed by atoms with van der Waals surface area (Å²) in [7, 11) is 1.73. The van der Waals surface area contributed by atoms with Crippen molar-refractivity contribution in [3.05, 3.63) is 59.2 Å². The van der Waals surface area contributed by atoms with Crippen LogP contribution in [0.2, 0.25) is 0 Å². The third-order valence-corrected chi connectivity index (χ3v) is 7.65. The molecule has 1 N–H and O–H groups in total. The van der Waals surface area contributed by atoms with E-state index in [4.69, 9.17) is 14.2 Å². The number of fused-ring (bicyclic) bond motifs is 2. The lowest BCUT2D eigenvalue weighted by Crippen LogP contribution is -2.44. The highest BCUT2D eigenvalue weighted by Gasteiger charge is 2.28. The number of aliphatic hydroxyl groups is 1. The number of methoxy groups -OCH3 is 1. The highest BCUT2D eigenvalue weighted by Crippen LogP contribution is 2.30. The first-order valence-corrected chi connectivity index (χ1v) is 13.5. The van der Waals surface area contributed by atoms with Crippen LogP contribution in [0.25, 0.3) is 0 Å². The molecule has 0 spiro atoms. The van der Waals surface area contributed by atoms with E-state index in [1.165, 1.54) is 11.1 Å². The number of β-amino-alcohol motifs (C(OH)–C–C–N with tert-alkyl or cyclic N) is 1. The van der Waals surface area contributed by atoms with E-state index in [9.17, 15) is 9.90 Å². The lowest BCUT2D eigenvalue weighted by atomic mass is 10.00. The summed E-state index contributed by atoms with van der Waals surface area (Å²) in [4.78, 5) is 19.7. The normalized spacial score (nSPS) is 20.1. The number of aliphatic hydroxyl groups excluding tert-OH is 1. The van der Waals surface area contributed by atoms with Crippen molar-refractivity contribution < 1.29 is 24.1 Å². The topological polar surface area (TPSA) is 74.7 Å². The third-order valence-electron chi connectivity index (χ3n) is 7.65. The number of hydrogen-bond acceptors (Lipinski definition) is 7. The zero-order chi connectivity index (χ0) is 25.6. The summed E-state index contributed by atoms with van der Waals surface area (Å²) in [6.45, 7) is 7.13. The van der Waals surface area contributed by atoms with Crippen LogP contribution < -0.4 is 9.47 Å². The summed E-state index contributed by atoms with van der Waals surface area (Å²) in [5, 5.41) is 10.8. The van der Waals surface area contributed by atoms with Crippen LogP contribution in [0.15, 0.2) is 42.5 Å². The number of benzene rings is 2. The number of ether oxygens (including phenoxy) is 3. The molecule has 5 rings (SSSR count). The van der Waals surface area contributed by atoms with Gasteiger partial charge in [0.15, 0.2) is 0 Å². The Morgan fingerprint density at radius 3 is 2.65 bits per heavy atom. The Bertz CT molecular complexity index is 1060. The van der Waals surface area contributed by atoms with E-state index in [2.05, 4.69) is 34.1 Å². The molecule has 8 nitrogen and oxygen atoms in total. The van der Waals surface area contributed by atoms with Crippen molar-refractivity contribution in [1.82, 2.24) is 14.7 Å². The van der Waals surface area contributed by atoms with E-state index < -0.39 is 6.10 Å². The number of rotatable bonds is 9. The molecule has 0 unspecified atom stereocenters. The fraction of sp³-hybridized carbons (Fsp3) is 0.552. The van der Waals surface area contributed by atoms with Crippen LogP contribution in [-0.4, -0.2) is 104 Å². The van der Waals surface area contributed by atoms with Gasteiger partial charge in [0.2, 0.25) is 0 Å². The summed E-state index contributed by atoms with van der Waals surface area (Å²) in [6.07, 6.45) is 2.47. The fourth-order valence-corrected chi connectivity index (χ4v) is 5.57. The summed E-state index contributed by atoms with van der Waals surface area (Å²) in [6, 6.07) is 14.0. The molecule has 0 aliphatic carbocycles. The molecule has 3 heterocycles. The van der Waals surface area contributed by atoms with Gasteiger partial charge in [-0.3, -0.25) is 9.69 Å². The minimum absolute atomic E-state index is 0.103. The Kier molecular flexibility index (Phi) is 8.61. The highest BCUT2D eigenvalue weighted by molar-refractivity contribution is 5.97. The van der Waals surface area contributed by atoms with E-state index in [0.717, 1.165) is 64.3 Å². The Labute approximate surface area is 219 Å². The number of nitrogens with zero attached hydrogens (tertiary/aromatic N) is 3. The molecule has 37 heavy (non-hydrogen) atoms. The zero-order valence-corrected chi connectivity index (χ0v) is 21.8. The maximum absolute atomic E-state index is 13.3. The Morgan fingerprint density at radius 2 is 1.84 bits per heavy atom. The minimum atomic E-state index is -0.617. The van der Waals surface area contributed by atoms with Crippen LogP contribution in [0.1, 0.15) is 34.3 Å². The van der Waals surface area contributed by atoms with Gasteiger partial charge in [-0.25, -0.2) is 0 Å². The standard InChI is InChI=1S/C29H39N3O5/c1-35-16-14-30-12-9-25(10-13-30)37-26-6-7-27-28(18-26)36-17-15-32(29(27)34)21-24(33)20-31-11-8-22-4-2-3-5-23(22)19-31/h2-7,18,24-25,33H,8-17,19-21H2,1H3/t24-/m1/s1. The van der Waals surface area contributed by atoms with E-state index in [-0.39, 0.29) is 12.0 Å². The molecule has 3 aliphatic rings. The average molecular weight is 510 g/mol. The quantitative estimate of drug-likeness (QED) is 0.557. The van der Waals surface area contributed by atoms with Crippen LogP contribution in [0.4, 0.5) is 0 Å². The first-order chi connectivity index (χ1) is 18.1. The third kappa shape index (κ3) is 6.62. The number of carbonyl (C=O) groups excluding carboxylic acids is 1. The van der Waals surface area contributed by atoms with Crippen LogP contribution in [-0.2, 0) is 17.7 Å². The number of likely N-dealkylation sites (tertiary alicyclic amines) is 1. The summed E-state index contributed by atoms with van der Waals surface area (Å²) < 4.78 is 17.4. The van der Waals surface area contributed by atoms with Gasteiger partial charge in [-0.15, -0.1) is 0 Å². The number of amides is 1. The highest BCUT2D eigenvalue weighted by atomic mass is 16.5. The van der Waals surface area contributed by atoms with E-state index in [1.54, 1.807) is 18.1 Å². The summed E-state index contributed by atoms with van der Waals surface area (Å²) in [5.74, 6) is 1.19. The molecule has 1 amide bonds. The molecule has 1 fully saturated rings. The molecule has 1 atom stereocenters. The number of carbonyl (C=O) groups is 1. The molecule has 200 valence electrons. The van der Waals surface area contributed by atoms with E-state index in [0.29, 0.717) is 37.6 Å². The van der Waals surface area contributed by atoms with Crippen molar-refractivity contribution >= 4 is 5.91 Å². The second kappa shape index (κ2) is 12.3. The van der Waals surface area contributed by atoms with E-state index in [1.807, 2.05) is 12.1 Å². The van der Waals surface area contributed by atoms with Gasteiger partial charge in [0.1, 0.15) is 24.2 Å². The first-order valence-electron chi connectivity index (χ1n) is 13.5. The molecule has 0 radical (unpaired) electrons. The smallest absolute Gasteiger partial charge is 0.257 e. The van der Waals surface area contributed by atoms with Gasteiger partial charge >= 0.3 is 0 Å². The second-order valence-corrected chi connectivity index (χ2v) is 10.3. The molecule has 2 aromatic carbocycles. The second-order valence-electron chi connectivity index (χ2n) is 10.3. The van der Waals surface area contributed by atoms with Crippen molar-refractivity contribution in [3.8, 4) is 11.5 Å². The number of hydrogen-bond donors (Lipinski definition) is 1. The molecule has 0 saturated carbocycles. The lowest BCUT2D eigenvalue weighted by molar-refractivity contribution is 0.0501. The molecule has 0 aromatic heterocycles. The van der Waals surface area contributed by atoms with Crippen LogP contribution in [0.3, 0.4) is 0 Å². The summed E-state index contributed by atoms with van der Waals surface area (Å²) in [5.41, 5.74) is 3.24. The fourth-order valence-electron chi connectivity index (χ4n) is 5.57. The van der Waals surface area contributed by atoms with Crippen LogP contribution in [0.5, 0.6) is 11.5 Å². The monoisotopic (exact) mass is 509 g/mol. The van der Waals surface area contributed by atoms with Gasteiger partial charge in [-0.05, 0) is 42.5 Å². The van der Waals surface area contributed by atoms with Crippen molar-refractivity contribution in [2.45, 2.75) is 38.0 Å². The summed E-state index contributed by atoms with van der Waals surface area (Å²) >= 11 is 0. The van der Waals surface area contributed by atoms with Crippen molar-refractivity contribution in [3.63, 3.8) is 0 Å². The SMILES string of the molecule is COCCN1CCC(Oc2ccc3c(c2)OCCN(C[C@H](O)CN2CCc4ccccc4C2)C3=O)CC1. The predicted octanol–water partition coefficient (Wildman–Crippen LogP) is 2.43. The molecule has 3 aliphatic heterocycles. The lowest BCUT2D eigenvalue weighted by Gasteiger charge is -2.32. The predicted molar refractivity (Wildman–Crippen MR) is 141 cm³/mol. The average Bonchev–Trinajstić information content (AvgIpc) is 3.06. The number of piperidine rings is 1. The molecule has 1 saturated heterocycles. The van der Waals surface area contributed by atoms with Gasteiger partial charge in [-0.1, -0.05) is 24.3 Å². The first kappa shape index (κ1) is 26.0. The molecule has 2 aromatic rings.